The Balaban J connectivity index is 1.33. The van der Waals surface area contributed by atoms with E-state index in [-0.39, 0.29) is 18.4 Å². The molecule has 1 fully saturated rings. The predicted octanol–water partition coefficient (Wildman–Crippen LogP) is 1.76. The van der Waals surface area contributed by atoms with Crippen molar-refractivity contribution in [3.05, 3.63) is 46.5 Å². The molecule has 2 aromatic heterocycles. The lowest BCUT2D eigenvalue weighted by Gasteiger charge is -2.30. The Bertz CT molecular complexity index is 841. The van der Waals surface area contributed by atoms with E-state index in [9.17, 15) is 19.2 Å². The van der Waals surface area contributed by atoms with Crippen LogP contribution in [0.4, 0.5) is 4.79 Å². The van der Waals surface area contributed by atoms with Crippen molar-refractivity contribution in [2.45, 2.75) is 19.4 Å². The summed E-state index contributed by atoms with van der Waals surface area (Å²) in [5, 5.41) is 6.38. The van der Waals surface area contributed by atoms with E-state index in [1.807, 2.05) is 11.4 Å². The fourth-order valence-electron chi connectivity index (χ4n) is 2.92. The van der Waals surface area contributed by atoms with Gasteiger partial charge in [0.15, 0.2) is 6.61 Å². The normalized spacial score (nSPS) is 14.3. The van der Waals surface area contributed by atoms with Crippen LogP contribution in [0.1, 0.15) is 28.3 Å². The Morgan fingerprint density at radius 1 is 1.17 bits per heavy atom. The van der Waals surface area contributed by atoms with Crippen LogP contribution in [0, 0.1) is 5.92 Å². The quantitative estimate of drug-likeness (QED) is 0.689. The maximum absolute atomic E-state index is 12.3. The van der Waals surface area contributed by atoms with Gasteiger partial charge in [0.25, 0.3) is 11.8 Å². The van der Waals surface area contributed by atoms with Gasteiger partial charge in [-0.05, 0) is 36.4 Å². The molecule has 2 aromatic rings. The summed E-state index contributed by atoms with van der Waals surface area (Å²) in [6, 6.07) is 6.26. The highest BCUT2D eigenvalue weighted by Crippen LogP contribution is 2.21. The lowest BCUT2D eigenvalue weighted by molar-refractivity contribution is -0.153. The van der Waals surface area contributed by atoms with Crippen molar-refractivity contribution in [3.8, 4) is 0 Å². The lowest BCUT2D eigenvalue weighted by Crippen LogP contribution is -2.42. The number of ether oxygens (including phenoxy) is 1. The van der Waals surface area contributed by atoms with Crippen LogP contribution in [0.25, 0.3) is 0 Å². The first-order valence-corrected chi connectivity index (χ1v) is 10.0. The first-order valence-electron chi connectivity index (χ1n) is 9.12. The van der Waals surface area contributed by atoms with Crippen molar-refractivity contribution in [2.75, 3.05) is 19.7 Å². The molecule has 29 heavy (non-hydrogen) atoms. The molecule has 1 aliphatic heterocycles. The van der Waals surface area contributed by atoms with Gasteiger partial charge in [-0.15, -0.1) is 11.3 Å². The van der Waals surface area contributed by atoms with Gasteiger partial charge in [-0.3, -0.25) is 19.7 Å². The molecule has 0 atom stereocenters. The number of hydrogen-bond donors (Lipinski definition) is 2. The molecule has 9 nitrogen and oxygen atoms in total. The van der Waals surface area contributed by atoms with Crippen molar-refractivity contribution in [1.82, 2.24) is 15.5 Å². The topological polar surface area (TPSA) is 118 Å². The van der Waals surface area contributed by atoms with E-state index in [1.54, 1.807) is 23.1 Å². The lowest BCUT2D eigenvalue weighted by atomic mass is 9.97. The fourth-order valence-corrected chi connectivity index (χ4v) is 3.61. The summed E-state index contributed by atoms with van der Waals surface area (Å²) in [4.78, 5) is 50.2. The predicted molar refractivity (Wildman–Crippen MR) is 103 cm³/mol. The van der Waals surface area contributed by atoms with E-state index < -0.39 is 24.5 Å². The van der Waals surface area contributed by atoms with Crippen molar-refractivity contribution in [1.29, 1.82) is 0 Å². The average Bonchev–Trinajstić information content (AvgIpc) is 3.44. The Morgan fingerprint density at radius 2 is 1.97 bits per heavy atom. The number of hydrogen-bond acceptors (Lipinski definition) is 7. The van der Waals surface area contributed by atoms with E-state index >= 15 is 0 Å². The van der Waals surface area contributed by atoms with Crippen LogP contribution >= 0.6 is 11.3 Å². The molecule has 0 aromatic carbocycles. The van der Waals surface area contributed by atoms with Crippen LogP contribution in [0.5, 0.6) is 0 Å². The highest BCUT2D eigenvalue weighted by molar-refractivity contribution is 7.12. The molecule has 2 N–H and O–H groups in total. The molecule has 1 aliphatic rings. The summed E-state index contributed by atoms with van der Waals surface area (Å²) >= 11 is 1.39. The number of likely N-dealkylation sites (tertiary alicyclic amines) is 1. The number of nitrogens with one attached hydrogen (secondary N) is 2. The summed E-state index contributed by atoms with van der Waals surface area (Å²) in [6.07, 6.45) is 2.42. The SMILES string of the molecule is O=C(COC(=O)C1CCN(C(=O)c2cccs2)CC1)NC(=O)NCc1ccco1. The zero-order valence-corrected chi connectivity index (χ0v) is 16.4. The number of furan rings is 1. The number of amides is 4. The Morgan fingerprint density at radius 3 is 2.62 bits per heavy atom. The van der Waals surface area contributed by atoms with Gasteiger partial charge in [-0.1, -0.05) is 6.07 Å². The standard InChI is InChI=1S/C19H21N3O6S/c23-16(21-19(26)20-11-14-3-1-9-27-14)12-28-18(25)13-5-7-22(8-6-13)17(24)15-4-2-10-29-15/h1-4,9-10,13H,5-8,11-12H2,(H2,20,21,23,26). The largest absolute Gasteiger partial charge is 0.467 e. The number of rotatable bonds is 6. The first kappa shape index (κ1) is 20.6. The third-order valence-electron chi connectivity index (χ3n) is 4.45. The molecule has 4 amide bonds. The second kappa shape index (κ2) is 9.87. The van der Waals surface area contributed by atoms with Gasteiger partial charge < -0.3 is 19.4 Å². The smallest absolute Gasteiger partial charge is 0.321 e. The number of urea groups is 1. The fraction of sp³-hybridized carbons (Fsp3) is 0.368. The van der Waals surface area contributed by atoms with Crippen LogP contribution in [0.15, 0.2) is 40.3 Å². The summed E-state index contributed by atoms with van der Waals surface area (Å²) < 4.78 is 10.1. The van der Waals surface area contributed by atoms with E-state index in [2.05, 4.69) is 10.6 Å². The molecule has 1 saturated heterocycles. The third kappa shape index (κ3) is 5.92. The number of piperidine rings is 1. The molecule has 3 rings (SSSR count). The van der Waals surface area contributed by atoms with Crippen LogP contribution in [-0.2, 0) is 20.9 Å². The van der Waals surface area contributed by atoms with E-state index in [0.29, 0.717) is 36.6 Å². The van der Waals surface area contributed by atoms with Crippen molar-refractivity contribution in [2.24, 2.45) is 5.92 Å². The molecule has 0 aliphatic carbocycles. The minimum Gasteiger partial charge on any atom is -0.467 e. The summed E-state index contributed by atoms with van der Waals surface area (Å²) in [5.41, 5.74) is 0. The molecule has 10 heteroatoms. The number of esters is 1. The minimum absolute atomic E-state index is 0.0354. The van der Waals surface area contributed by atoms with Gasteiger partial charge in [-0.2, -0.15) is 0 Å². The molecule has 0 radical (unpaired) electrons. The van der Waals surface area contributed by atoms with E-state index in [1.165, 1.54) is 17.6 Å². The Hall–Kier alpha value is -3.14. The second-order valence-corrected chi connectivity index (χ2v) is 7.41. The minimum atomic E-state index is -0.722. The molecular formula is C19H21N3O6S. The van der Waals surface area contributed by atoms with Crippen LogP contribution < -0.4 is 10.6 Å². The number of carbonyl (C=O) groups is 4. The highest BCUT2D eigenvalue weighted by atomic mass is 32.1. The molecule has 0 spiro atoms. The zero-order valence-electron chi connectivity index (χ0n) is 15.6. The van der Waals surface area contributed by atoms with E-state index in [0.717, 1.165) is 0 Å². The van der Waals surface area contributed by atoms with Crippen molar-refractivity contribution >= 4 is 35.2 Å². The van der Waals surface area contributed by atoms with Gasteiger partial charge >= 0.3 is 12.0 Å². The van der Waals surface area contributed by atoms with Gasteiger partial charge in [0.05, 0.1) is 23.6 Å². The molecule has 0 bridgehead atoms. The van der Waals surface area contributed by atoms with Crippen molar-refractivity contribution < 1.29 is 28.3 Å². The monoisotopic (exact) mass is 419 g/mol. The average molecular weight is 419 g/mol. The number of imide groups is 1. The maximum atomic E-state index is 12.3. The van der Waals surface area contributed by atoms with E-state index in [4.69, 9.17) is 9.15 Å². The molecule has 0 unspecified atom stereocenters. The summed E-state index contributed by atoms with van der Waals surface area (Å²) in [5.74, 6) is -1.09. The Labute approximate surface area is 171 Å². The summed E-state index contributed by atoms with van der Waals surface area (Å²) in [7, 11) is 0. The highest BCUT2D eigenvalue weighted by Gasteiger charge is 2.29. The van der Waals surface area contributed by atoms with Gasteiger partial charge in [-0.25, -0.2) is 4.79 Å². The van der Waals surface area contributed by atoms with Crippen LogP contribution in [-0.4, -0.2) is 48.4 Å². The van der Waals surface area contributed by atoms with Crippen LogP contribution in [0.2, 0.25) is 0 Å². The number of thiophene rings is 1. The maximum Gasteiger partial charge on any atom is 0.321 e. The zero-order chi connectivity index (χ0) is 20.6. The number of nitrogens with zero attached hydrogens (tertiary/aromatic N) is 1. The Kier molecular flexibility index (Phi) is 7.01. The van der Waals surface area contributed by atoms with Gasteiger partial charge in [0.2, 0.25) is 0 Å². The van der Waals surface area contributed by atoms with Crippen molar-refractivity contribution in [3.63, 3.8) is 0 Å². The van der Waals surface area contributed by atoms with Crippen LogP contribution in [0.3, 0.4) is 0 Å². The molecule has 3 heterocycles. The first-order chi connectivity index (χ1) is 14.0. The van der Waals surface area contributed by atoms with Gasteiger partial charge in [0, 0.05) is 13.1 Å². The molecule has 154 valence electrons. The number of carbonyl (C=O) groups excluding carboxylic acids is 4. The van der Waals surface area contributed by atoms with Gasteiger partial charge in [0.1, 0.15) is 5.76 Å². The molecule has 0 saturated carbocycles. The summed E-state index contributed by atoms with van der Waals surface area (Å²) in [6.45, 7) is 0.506. The second-order valence-electron chi connectivity index (χ2n) is 6.46. The third-order valence-corrected chi connectivity index (χ3v) is 5.31. The molecular weight excluding hydrogens is 398 g/mol.